The van der Waals surface area contributed by atoms with Crippen LogP contribution < -0.4 is 10.1 Å². The van der Waals surface area contributed by atoms with Crippen LogP contribution in [0.3, 0.4) is 0 Å². The SMILES string of the molecule is Cl.c1ccc(-n2nnnc2Oc2cccc(CNC3CC3)c2)cc1. The number of ether oxygens (including phenoxy) is 1. The topological polar surface area (TPSA) is 64.9 Å². The first-order valence-electron chi connectivity index (χ1n) is 7.72. The van der Waals surface area contributed by atoms with Gasteiger partial charge in [-0.15, -0.1) is 12.4 Å². The molecule has 24 heavy (non-hydrogen) atoms. The molecule has 3 aromatic rings. The number of nitrogens with one attached hydrogen (secondary N) is 1. The number of aromatic nitrogens is 4. The van der Waals surface area contributed by atoms with Crippen molar-refractivity contribution in [3.63, 3.8) is 0 Å². The third kappa shape index (κ3) is 3.90. The average molecular weight is 344 g/mol. The summed E-state index contributed by atoms with van der Waals surface area (Å²) >= 11 is 0. The highest BCUT2D eigenvalue weighted by Crippen LogP contribution is 2.23. The second kappa shape index (κ2) is 7.42. The standard InChI is InChI=1S/C17H17N5O.ClH/c1-2-6-15(7-3-1)22-17(19-20-21-22)23-16-8-4-5-13(11-16)12-18-14-9-10-14;/h1-8,11,14,18H,9-10,12H2;1H. The predicted molar refractivity (Wildman–Crippen MR) is 92.8 cm³/mol. The van der Waals surface area contributed by atoms with Crippen molar-refractivity contribution in [1.82, 2.24) is 25.5 Å². The van der Waals surface area contributed by atoms with E-state index in [0.29, 0.717) is 12.1 Å². The van der Waals surface area contributed by atoms with Crippen molar-refractivity contribution in [2.24, 2.45) is 0 Å². The molecule has 1 aliphatic rings. The van der Waals surface area contributed by atoms with Gasteiger partial charge in [0.15, 0.2) is 0 Å². The molecule has 0 radical (unpaired) electrons. The molecule has 0 saturated heterocycles. The molecule has 1 fully saturated rings. The third-order valence-electron chi connectivity index (χ3n) is 3.72. The molecule has 1 N–H and O–H groups in total. The van der Waals surface area contributed by atoms with Gasteiger partial charge in [-0.1, -0.05) is 35.4 Å². The first-order valence-corrected chi connectivity index (χ1v) is 7.72. The van der Waals surface area contributed by atoms with Gasteiger partial charge in [0.1, 0.15) is 5.75 Å². The van der Waals surface area contributed by atoms with Crippen LogP contribution in [0, 0.1) is 0 Å². The lowest BCUT2D eigenvalue weighted by atomic mass is 10.2. The molecule has 0 aliphatic heterocycles. The van der Waals surface area contributed by atoms with Crippen molar-refractivity contribution in [1.29, 1.82) is 0 Å². The zero-order chi connectivity index (χ0) is 15.5. The third-order valence-corrected chi connectivity index (χ3v) is 3.72. The van der Waals surface area contributed by atoms with Gasteiger partial charge in [0.2, 0.25) is 0 Å². The Hall–Kier alpha value is -2.44. The molecule has 1 aliphatic carbocycles. The van der Waals surface area contributed by atoms with Crippen LogP contribution in [0.4, 0.5) is 0 Å². The zero-order valence-electron chi connectivity index (χ0n) is 13.0. The number of halogens is 1. The molecule has 1 heterocycles. The number of rotatable bonds is 6. The van der Waals surface area contributed by atoms with Gasteiger partial charge < -0.3 is 10.1 Å². The molecule has 0 spiro atoms. The molecule has 1 saturated carbocycles. The normalized spacial score (nSPS) is 13.3. The van der Waals surface area contributed by atoms with Crippen LogP contribution in [0.5, 0.6) is 11.8 Å². The molecule has 0 atom stereocenters. The van der Waals surface area contributed by atoms with E-state index in [1.54, 1.807) is 4.68 Å². The quantitative estimate of drug-likeness (QED) is 0.745. The van der Waals surface area contributed by atoms with E-state index in [0.717, 1.165) is 18.0 Å². The highest BCUT2D eigenvalue weighted by atomic mass is 35.5. The maximum atomic E-state index is 5.87. The summed E-state index contributed by atoms with van der Waals surface area (Å²) < 4.78 is 7.44. The minimum absolute atomic E-state index is 0. The van der Waals surface area contributed by atoms with Crippen LogP contribution >= 0.6 is 12.4 Å². The van der Waals surface area contributed by atoms with E-state index >= 15 is 0 Å². The fraction of sp³-hybridized carbons (Fsp3) is 0.235. The highest BCUT2D eigenvalue weighted by molar-refractivity contribution is 5.85. The zero-order valence-corrected chi connectivity index (χ0v) is 13.8. The molecular weight excluding hydrogens is 326 g/mol. The molecule has 6 nitrogen and oxygen atoms in total. The maximum absolute atomic E-state index is 5.87. The van der Waals surface area contributed by atoms with Crippen molar-refractivity contribution < 1.29 is 4.74 Å². The number of hydrogen-bond donors (Lipinski definition) is 1. The summed E-state index contributed by atoms with van der Waals surface area (Å²) in [4.78, 5) is 0. The number of hydrogen-bond acceptors (Lipinski definition) is 5. The number of para-hydroxylation sites is 1. The summed E-state index contributed by atoms with van der Waals surface area (Å²) in [5.74, 6) is 0.729. The Morgan fingerprint density at radius 2 is 1.92 bits per heavy atom. The van der Waals surface area contributed by atoms with E-state index in [2.05, 4.69) is 26.9 Å². The van der Waals surface area contributed by atoms with Gasteiger partial charge in [-0.3, -0.25) is 0 Å². The molecule has 7 heteroatoms. The molecule has 2 aromatic carbocycles. The Morgan fingerprint density at radius 3 is 2.71 bits per heavy atom. The minimum Gasteiger partial charge on any atom is -0.423 e. The highest BCUT2D eigenvalue weighted by Gasteiger charge is 2.20. The van der Waals surface area contributed by atoms with Crippen LogP contribution in [0.1, 0.15) is 18.4 Å². The van der Waals surface area contributed by atoms with Gasteiger partial charge >= 0.3 is 6.01 Å². The van der Waals surface area contributed by atoms with Gasteiger partial charge in [-0.2, -0.15) is 4.68 Å². The van der Waals surface area contributed by atoms with Crippen LogP contribution in [0.15, 0.2) is 54.6 Å². The lowest BCUT2D eigenvalue weighted by Crippen LogP contribution is -2.15. The number of benzene rings is 2. The summed E-state index contributed by atoms with van der Waals surface area (Å²) in [6.45, 7) is 0.853. The van der Waals surface area contributed by atoms with E-state index in [4.69, 9.17) is 4.74 Å². The molecule has 0 bridgehead atoms. The minimum atomic E-state index is 0. The Labute approximate surface area is 146 Å². The molecule has 1 aromatic heterocycles. The monoisotopic (exact) mass is 343 g/mol. The van der Waals surface area contributed by atoms with Crippen molar-refractivity contribution >= 4 is 12.4 Å². The lowest BCUT2D eigenvalue weighted by molar-refractivity contribution is 0.426. The fourth-order valence-electron chi connectivity index (χ4n) is 2.35. The molecule has 124 valence electrons. The van der Waals surface area contributed by atoms with Gasteiger partial charge in [0.05, 0.1) is 5.69 Å². The molecule has 0 unspecified atom stereocenters. The summed E-state index contributed by atoms with van der Waals surface area (Å²) in [5, 5.41) is 15.2. The van der Waals surface area contributed by atoms with E-state index < -0.39 is 0 Å². The van der Waals surface area contributed by atoms with Crippen molar-refractivity contribution in [2.45, 2.75) is 25.4 Å². The average Bonchev–Trinajstić information content (AvgIpc) is 3.32. The summed E-state index contributed by atoms with van der Waals surface area (Å²) in [6.07, 6.45) is 2.56. The van der Waals surface area contributed by atoms with Crippen molar-refractivity contribution in [3.05, 3.63) is 60.2 Å². The van der Waals surface area contributed by atoms with E-state index in [-0.39, 0.29) is 12.4 Å². The maximum Gasteiger partial charge on any atom is 0.345 e. The second-order valence-corrected chi connectivity index (χ2v) is 5.61. The van der Waals surface area contributed by atoms with Crippen LogP contribution in [0.2, 0.25) is 0 Å². The van der Waals surface area contributed by atoms with Gasteiger partial charge in [0.25, 0.3) is 0 Å². The largest absolute Gasteiger partial charge is 0.423 e. The van der Waals surface area contributed by atoms with E-state index in [9.17, 15) is 0 Å². The first kappa shape index (κ1) is 16.4. The van der Waals surface area contributed by atoms with E-state index in [1.807, 2.05) is 48.5 Å². The number of nitrogens with zero attached hydrogens (tertiary/aromatic N) is 4. The number of tetrazole rings is 1. The van der Waals surface area contributed by atoms with Crippen LogP contribution in [-0.2, 0) is 6.54 Å². The summed E-state index contributed by atoms with van der Waals surface area (Å²) in [6, 6.07) is 18.7. The summed E-state index contributed by atoms with van der Waals surface area (Å²) in [5.41, 5.74) is 2.05. The molecular formula is C17H18ClN5O. The second-order valence-electron chi connectivity index (χ2n) is 5.61. The van der Waals surface area contributed by atoms with Crippen LogP contribution in [-0.4, -0.2) is 26.2 Å². The first-order chi connectivity index (χ1) is 11.4. The Morgan fingerprint density at radius 1 is 1.08 bits per heavy atom. The van der Waals surface area contributed by atoms with Gasteiger partial charge in [-0.05, 0) is 53.1 Å². The smallest absolute Gasteiger partial charge is 0.345 e. The van der Waals surface area contributed by atoms with Gasteiger partial charge in [-0.25, -0.2) is 0 Å². The van der Waals surface area contributed by atoms with Gasteiger partial charge in [0, 0.05) is 12.6 Å². The van der Waals surface area contributed by atoms with Crippen LogP contribution in [0.25, 0.3) is 5.69 Å². The summed E-state index contributed by atoms with van der Waals surface area (Å²) in [7, 11) is 0. The lowest BCUT2D eigenvalue weighted by Gasteiger charge is -2.08. The van der Waals surface area contributed by atoms with Crippen molar-refractivity contribution in [3.8, 4) is 17.4 Å². The fourth-order valence-corrected chi connectivity index (χ4v) is 2.35. The predicted octanol–water partition coefficient (Wildman–Crippen LogP) is 3.13. The Kier molecular flexibility index (Phi) is 5.08. The Bertz CT molecular complexity index is 788. The molecule has 4 rings (SSSR count). The Balaban J connectivity index is 0.00000169. The van der Waals surface area contributed by atoms with E-state index in [1.165, 1.54) is 18.4 Å². The molecule has 0 amide bonds. The van der Waals surface area contributed by atoms with Crippen molar-refractivity contribution in [2.75, 3.05) is 0 Å².